The zero-order valence-corrected chi connectivity index (χ0v) is 10.5. The summed E-state index contributed by atoms with van der Waals surface area (Å²) in [6, 6.07) is 0. The molecule has 0 radical (unpaired) electrons. The maximum Gasteiger partial charge on any atom is 0.215 e. The van der Waals surface area contributed by atoms with Gasteiger partial charge in [0.05, 0.1) is 31.3 Å². The third kappa shape index (κ3) is 2.49. The van der Waals surface area contributed by atoms with Crippen molar-refractivity contribution in [3.8, 4) is 0 Å². The first-order valence-electron chi connectivity index (χ1n) is 5.59. The van der Waals surface area contributed by atoms with Gasteiger partial charge in [-0.3, -0.25) is 5.41 Å². The SMILES string of the molecule is COC(=N)c1cn(COCCO)c2ncnc(N)c12. The molecule has 102 valence electrons. The van der Waals surface area contributed by atoms with E-state index in [2.05, 4.69) is 9.97 Å². The molecule has 4 N–H and O–H groups in total. The van der Waals surface area contributed by atoms with Crippen molar-refractivity contribution in [2.75, 3.05) is 26.1 Å². The van der Waals surface area contributed by atoms with Crippen LogP contribution in [0.4, 0.5) is 5.82 Å². The van der Waals surface area contributed by atoms with Gasteiger partial charge >= 0.3 is 0 Å². The molecule has 0 aliphatic heterocycles. The molecule has 0 saturated carbocycles. The van der Waals surface area contributed by atoms with Gasteiger partial charge in [-0.1, -0.05) is 0 Å². The maximum atomic E-state index is 8.70. The number of nitrogen functional groups attached to an aromatic ring is 1. The number of methoxy groups -OCH3 is 1. The lowest BCUT2D eigenvalue weighted by Crippen LogP contribution is -2.06. The summed E-state index contributed by atoms with van der Waals surface area (Å²) in [5.41, 5.74) is 6.88. The highest BCUT2D eigenvalue weighted by Gasteiger charge is 2.17. The summed E-state index contributed by atoms with van der Waals surface area (Å²) in [5.74, 6) is 0.259. The number of hydrogen-bond acceptors (Lipinski definition) is 7. The number of aliphatic hydroxyl groups is 1. The van der Waals surface area contributed by atoms with Gasteiger partial charge in [0.25, 0.3) is 0 Å². The van der Waals surface area contributed by atoms with Crippen LogP contribution in [0, 0.1) is 5.41 Å². The molecular weight excluding hydrogens is 250 g/mol. The molecule has 0 fully saturated rings. The molecule has 8 nitrogen and oxygen atoms in total. The molecule has 2 heterocycles. The largest absolute Gasteiger partial charge is 0.481 e. The van der Waals surface area contributed by atoms with E-state index < -0.39 is 0 Å². The van der Waals surface area contributed by atoms with Gasteiger partial charge in [-0.15, -0.1) is 0 Å². The lowest BCUT2D eigenvalue weighted by molar-refractivity contribution is 0.0501. The number of nitrogens with one attached hydrogen (secondary N) is 1. The summed E-state index contributed by atoms with van der Waals surface area (Å²) >= 11 is 0. The predicted molar refractivity (Wildman–Crippen MR) is 68.8 cm³/mol. The van der Waals surface area contributed by atoms with Gasteiger partial charge in [0.1, 0.15) is 24.5 Å². The highest BCUT2D eigenvalue weighted by atomic mass is 16.5. The summed E-state index contributed by atoms with van der Waals surface area (Å²) < 4.78 is 11.8. The van der Waals surface area contributed by atoms with Crippen LogP contribution >= 0.6 is 0 Å². The van der Waals surface area contributed by atoms with Crippen LogP contribution in [0.15, 0.2) is 12.5 Å². The number of nitrogens with two attached hydrogens (primary N) is 1. The van der Waals surface area contributed by atoms with Crippen LogP contribution in [-0.4, -0.2) is 45.9 Å². The van der Waals surface area contributed by atoms with Crippen LogP contribution < -0.4 is 5.73 Å². The second-order valence-electron chi connectivity index (χ2n) is 3.76. The van der Waals surface area contributed by atoms with Gasteiger partial charge in [0, 0.05) is 6.20 Å². The Morgan fingerprint density at radius 2 is 2.32 bits per heavy atom. The van der Waals surface area contributed by atoms with Gasteiger partial charge in [-0.05, 0) is 0 Å². The summed E-state index contributed by atoms with van der Waals surface area (Å²) in [5, 5.41) is 17.0. The molecule has 2 rings (SSSR count). The zero-order chi connectivity index (χ0) is 13.8. The van der Waals surface area contributed by atoms with E-state index in [0.717, 1.165) is 0 Å². The number of aliphatic hydroxyl groups excluding tert-OH is 1. The minimum Gasteiger partial charge on any atom is -0.481 e. The molecule has 0 atom stereocenters. The van der Waals surface area contributed by atoms with Crippen molar-refractivity contribution in [2.45, 2.75) is 6.73 Å². The van der Waals surface area contributed by atoms with Gasteiger partial charge in [0.2, 0.25) is 5.90 Å². The van der Waals surface area contributed by atoms with E-state index in [1.54, 1.807) is 10.8 Å². The molecule has 0 unspecified atom stereocenters. The topological polar surface area (TPSA) is 119 Å². The lowest BCUT2D eigenvalue weighted by Gasteiger charge is -2.04. The lowest BCUT2D eigenvalue weighted by atomic mass is 10.2. The van der Waals surface area contributed by atoms with E-state index >= 15 is 0 Å². The second-order valence-corrected chi connectivity index (χ2v) is 3.76. The highest BCUT2D eigenvalue weighted by Crippen LogP contribution is 2.24. The van der Waals surface area contributed by atoms with Crippen LogP contribution in [0.5, 0.6) is 0 Å². The van der Waals surface area contributed by atoms with E-state index in [-0.39, 0.29) is 31.7 Å². The summed E-state index contributed by atoms with van der Waals surface area (Å²) in [6.45, 7) is 0.360. The number of aromatic nitrogens is 3. The van der Waals surface area contributed by atoms with Gasteiger partial charge in [-0.25, -0.2) is 9.97 Å². The maximum absolute atomic E-state index is 8.70. The van der Waals surface area contributed by atoms with E-state index in [1.807, 2.05) is 0 Å². The van der Waals surface area contributed by atoms with Crippen LogP contribution in [0.2, 0.25) is 0 Å². The molecule has 0 aliphatic carbocycles. The summed E-state index contributed by atoms with van der Waals surface area (Å²) in [6.07, 6.45) is 3.01. The molecular formula is C11H15N5O3. The predicted octanol–water partition coefficient (Wildman–Crippen LogP) is -0.0483. The molecule has 0 amide bonds. The Labute approximate surface area is 109 Å². The zero-order valence-electron chi connectivity index (χ0n) is 10.5. The Morgan fingerprint density at radius 3 is 3.00 bits per heavy atom. The molecule has 0 bridgehead atoms. The number of fused-ring (bicyclic) bond motifs is 1. The van der Waals surface area contributed by atoms with Gasteiger partial charge < -0.3 is 24.9 Å². The number of anilines is 1. The first kappa shape index (κ1) is 13.2. The summed E-state index contributed by atoms with van der Waals surface area (Å²) in [7, 11) is 1.41. The van der Waals surface area contributed by atoms with Crippen LogP contribution in [0.25, 0.3) is 11.0 Å². The van der Waals surface area contributed by atoms with Crippen LogP contribution in [-0.2, 0) is 16.2 Å². The molecule has 0 spiro atoms. The highest BCUT2D eigenvalue weighted by molar-refractivity contribution is 6.08. The fourth-order valence-electron chi connectivity index (χ4n) is 1.76. The minimum atomic E-state index is -0.0585. The van der Waals surface area contributed by atoms with E-state index in [0.29, 0.717) is 16.6 Å². The minimum absolute atomic E-state index is 0.0209. The van der Waals surface area contributed by atoms with Crippen molar-refractivity contribution in [2.24, 2.45) is 0 Å². The normalized spacial score (nSPS) is 10.8. The average molecular weight is 265 g/mol. The fourth-order valence-corrected chi connectivity index (χ4v) is 1.76. The van der Waals surface area contributed by atoms with E-state index in [1.165, 1.54) is 13.4 Å². The first-order valence-corrected chi connectivity index (χ1v) is 5.59. The quantitative estimate of drug-likeness (QED) is 0.396. The van der Waals surface area contributed by atoms with Crippen molar-refractivity contribution in [1.29, 1.82) is 5.41 Å². The monoisotopic (exact) mass is 265 g/mol. The Hall–Kier alpha value is -2.19. The molecule has 0 saturated heterocycles. The van der Waals surface area contributed by atoms with Crippen LogP contribution in [0.3, 0.4) is 0 Å². The van der Waals surface area contributed by atoms with Crippen molar-refractivity contribution in [3.05, 3.63) is 18.1 Å². The van der Waals surface area contributed by atoms with Crippen molar-refractivity contribution < 1.29 is 14.6 Å². The number of rotatable bonds is 5. The Morgan fingerprint density at radius 1 is 1.53 bits per heavy atom. The van der Waals surface area contributed by atoms with E-state index in [9.17, 15) is 0 Å². The third-order valence-electron chi connectivity index (χ3n) is 2.60. The van der Waals surface area contributed by atoms with Gasteiger partial charge in [-0.2, -0.15) is 0 Å². The molecule has 19 heavy (non-hydrogen) atoms. The number of ether oxygens (including phenoxy) is 2. The smallest absolute Gasteiger partial charge is 0.215 e. The molecule has 2 aromatic heterocycles. The standard InChI is InChI=1S/C11H15N5O3/c1-18-10(13)7-4-16(6-19-3-2-17)11-8(7)9(12)14-5-15-11/h4-5,13,17H,2-3,6H2,1H3,(H2,12,14,15). The van der Waals surface area contributed by atoms with Crippen LogP contribution in [0.1, 0.15) is 5.56 Å². The Balaban J connectivity index is 2.47. The van der Waals surface area contributed by atoms with Gasteiger partial charge in [0.15, 0.2) is 0 Å². The average Bonchev–Trinajstić information content (AvgIpc) is 2.79. The number of nitrogens with zero attached hydrogens (tertiary/aromatic N) is 3. The molecule has 2 aromatic rings. The molecule has 8 heteroatoms. The molecule has 0 aliphatic rings. The second kappa shape index (κ2) is 5.63. The van der Waals surface area contributed by atoms with Crippen molar-refractivity contribution >= 4 is 22.7 Å². The molecule has 0 aromatic carbocycles. The first-order chi connectivity index (χ1) is 9.19. The summed E-state index contributed by atoms with van der Waals surface area (Å²) in [4.78, 5) is 8.05. The van der Waals surface area contributed by atoms with Crippen molar-refractivity contribution in [3.63, 3.8) is 0 Å². The Kier molecular flexibility index (Phi) is 3.93. The number of hydrogen-bond donors (Lipinski definition) is 3. The van der Waals surface area contributed by atoms with Crippen molar-refractivity contribution in [1.82, 2.24) is 14.5 Å². The third-order valence-corrected chi connectivity index (χ3v) is 2.60. The Bertz CT molecular complexity index is 595. The fraction of sp³-hybridized carbons (Fsp3) is 0.364. The van der Waals surface area contributed by atoms with E-state index in [4.69, 9.17) is 25.7 Å².